The van der Waals surface area contributed by atoms with Crippen molar-refractivity contribution in [2.75, 3.05) is 26.4 Å². The highest BCUT2D eigenvalue weighted by Gasteiger charge is 1.99. The van der Waals surface area contributed by atoms with Crippen LogP contribution in [0.3, 0.4) is 0 Å². The fourth-order valence-electron chi connectivity index (χ4n) is 0.970. The predicted molar refractivity (Wildman–Crippen MR) is 61.8 cm³/mol. The van der Waals surface area contributed by atoms with Gasteiger partial charge < -0.3 is 15.2 Å². The Kier molecular flexibility index (Phi) is 5.79. The Morgan fingerprint density at radius 2 is 1.87 bits per heavy atom. The second-order valence-corrected chi connectivity index (χ2v) is 3.64. The Labute approximate surface area is 99.1 Å². The number of benzene rings is 1. The lowest BCUT2D eigenvalue weighted by Crippen LogP contribution is -2.13. The molecular formula is C10H13Cl2NO2. The monoisotopic (exact) mass is 249 g/mol. The Hall–Kier alpha value is -0.480. The van der Waals surface area contributed by atoms with Crippen LogP contribution in [0.15, 0.2) is 18.2 Å². The summed E-state index contributed by atoms with van der Waals surface area (Å²) in [4.78, 5) is 0. The summed E-state index contributed by atoms with van der Waals surface area (Å²) in [5.74, 6) is 0.681. The summed E-state index contributed by atoms with van der Waals surface area (Å²) in [6.07, 6.45) is 0. The maximum Gasteiger partial charge on any atom is 0.121 e. The van der Waals surface area contributed by atoms with Crippen molar-refractivity contribution in [2.45, 2.75) is 0 Å². The van der Waals surface area contributed by atoms with Crippen molar-refractivity contribution < 1.29 is 9.47 Å². The van der Waals surface area contributed by atoms with Gasteiger partial charge in [-0.25, -0.2) is 0 Å². The summed E-state index contributed by atoms with van der Waals surface area (Å²) in [5.41, 5.74) is 5.26. The molecule has 15 heavy (non-hydrogen) atoms. The van der Waals surface area contributed by atoms with Crippen LogP contribution in [-0.2, 0) is 4.74 Å². The number of halogens is 2. The Morgan fingerprint density at radius 3 is 2.53 bits per heavy atom. The van der Waals surface area contributed by atoms with Gasteiger partial charge in [-0.1, -0.05) is 23.2 Å². The third kappa shape index (κ3) is 4.71. The topological polar surface area (TPSA) is 44.5 Å². The van der Waals surface area contributed by atoms with Gasteiger partial charge in [0.05, 0.1) is 23.3 Å². The van der Waals surface area contributed by atoms with Gasteiger partial charge in [-0.2, -0.15) is 0 Å². The van der Waals surface area contributed by atoms with E-state index < -0.39 is 0 Å². The standard InChI is InChI=1S/C10H13Cl2NO2/c11-9-2-1-8(7-10(9)12)15-6-5-14-4-3-13/h1-2,7H,3-6,13H2. The molecule has 1 aromatic rings. The first-order chi connectivity index (χ1) is 7.24. The van der Waals surface area contributed by atoms with E-state index in [1.165, 1.54) is 0 Å². The van der Waals surface area contributed by atoms with Crippen LogP contribution < -0.4 is 10.5 Å². The van der Waals surface area contributed by atoms with Crippen molar-refractivity contribution >= 4 is 23.2 Å². The first kappa shape index (κ1) is 12.6. The van der Waals surface area contributed by atoms with Gasteiger partial charge in [0.2, 0.25) is 0 Å². The number of hydrogen-bond acceptors (Lipinski definition) is 3. The minimum Gasteiger partial charge on any atom is -0.491 e. The molecule has 0 heterocycles. The number of ether oxygens (including phenoxy) is 2. The van der Waals surface area contributed by atoms with Crippen molar-refractivity contribution in [2.24, 2.45) is 5.73 Å². The van der Waals surface area contributed by atoms with E-state index >= 15 is 0 Å². The molecule has 84 valence electrons. The molecule has 5 heteroatoms. The highest BCUT2D eigenvalue weighted by atomic mass is 35.5. The van der Waals surface area contributed by atoms with Crippen LogP contribution in [0.1, 0.15) is 0 Å². The van der Waals surface area contributed by atoms with Crippen LogP contribution in [0.25, 0.3) is 0 Å². The fourth-order valence-corrected chi connectivity index (χ4v) is 1.26. The van der Waals surface area contributed by atoms with Gasteiger partial charge in [0.1, 0.15) is 12.4 Å². The van der Waals surface area contributed by atoms with Gasteiger partial charge in [-0.05, 0) is 12.1 Å². The zero-order valence-corrected chi connectivity index (χ0v) is 9.72. The SMILES string of the molecule is NCCOCCOc1ccc(Cl)c(Cl)c1. The summed E-state index contributed by atoms with van der Waals surface area (Å²) in [5, 5.41) is 1.00. The first-order valence-electron chi connectivity index (χ1n) is 4.59. The molecule has 0 amide bonds. The molecule has 0 saturated carbocycles. The third-order valence-electron chi connectivity index (χ3n) is 1.65. The maximum absolute atomic E-state index is 5.82. The van der Waals surface area contributed by atoms with Crippen molar-refractivity contribution in [1.29, 1.82) is 0 Å². The zero-order chi connectivity index (χ0) is 11.1. The highest BCUT2D eigenvalue weighted by molar-refractivity contribution is 6.42. The molecule has 0 aliphatic carbocycles. The maximum atomic E-state index is 5.82. The van der Waals surface area contributed by atoms with E-state index in [4.69, 9.17) is 38.4 Å². The van der Waals surface area contributed by atoms with Crippen molar-refractivity contribution in [3.05, 3.63) is 28.2 Å². The van der Waals surface area contributed by atoms with Crippen molar-refractivity contribution in [1.82, 2.24) is 0 Å². The molecule has 0 atom stereocenters. The summed E-state index contributed by atoms with van der Waals surface area (Å²) >= 11 is 11.6. The molecule has 0 unspecified atom stereocenters. The molecule has 1 aromatic carbocycles. The molecule has 0 aliphatic heterocycles. The van der Waals surface area contributed by atoms with Gasteiger partial charge in [0.25, 0.3) is 0 Å². The van der Waals surface area contributed by atoms with E-state index in [0.717, 1.165) is 0 Å². The highest BCUT2D eigenvalue weighted by Crippen LogP contribution is 2.26. The molecule has 0 bridgehead atoms. The molecule has 0 spiro atoms. The van der Waals surface area contributed by atoms with Crippen molar-refractivity contribution in [3.63, 3.8) is 0 Å². The fraction of sp³-hybridized carbons (Fsp3) is 0.400. The summed E-state index contributed by atoms with van der Waals surface area (Å²) < 4.78 is 10.5. The quantitative estimate of drug-likeness (QED) is 0.788. The number of hydrogen-bond donors (Lipinski definition) is 1. The number of rotatable bonds is 6. The summed E-state index contributed by atoms with van der Waals surface area (Å²) in [6.45, 7) is 2.05. The minimum atomic E-state index is 0.470. The molecule has 0 aliphatic rings. The van der Waals surface area contributed by atoms with Crippen LogP contribution in [0.5, 0.6) is 5.75 Å². The van der Waals surface area contributed by atoms with E-state index in [-0.39, 0.29) is 0 Å². The van der Waals surface area contributed by atoms with Gasteiger partial charge in [0, 0.05) is 12.6 Å². The largest absolute Gasteiger partial charge is 0.491 e. The Bertz CT molecular complexity index is 307. The Morgan fingerprint density at radius 1 is 1.07 bits per heavy atom. The third-order valence-corrected chi connectivity index (χ3v) is 2.39. The van der Waals surface area contributed by atoms with Crippen LogP contribution in [0.2, 0.25) is 10.0 Å². The molecule has 1 rings (SSSR count). The van der Waals surface area contributed by atoms with E-state index in [1.807, 2.05) is 0 Å². The van der Waals surface area contributed by atoms with Crippen LogP contribution in [0, 0.1) is 0 Å². The summed E-state index contributed by atoms with van der Waals surface area (Å²) in [7, 11) is 0. The van der Waals surface area contributed by atoms with E-state index in [9.17, 15) is 0 Å². The van der Waals surface area contributed by atoms with Gasteiger partial charge >= 0.3 is 0 Å². The van der Waals surface area contributed by atoms with Gasteiger partial charge in [0.15, 0.2) is 0 Å². The molecule has 3 nitrogen and oxygen atoms in total. The van der Waals surface area contributed by atoms with E-state index in [1.54, 1.807) is 18.2 Å². The lowest BCUT2D eigenvalue weighted by Gasteiger charge is -2.07. The van der Waals surface area contributed by atoms with E-state index in [2.05, 4.69) is 0 Å². The van der Waals surface area contributed by atoms with Gasteiger partial charge in [-0.3, -0.25) is 0 Å². The molecule has 0 fully saturated rings. The zero-order valence-electron chi connectivity index (χ0n) is 8.21. The number of nitrogens with two attached hydrogens (primary N) is 1. The second kappa shape index (κ2) is 6.90. The molecule has 0 aromatic heterocycles. The van der Waals surface area contributed by atoms with Crippen LogP contribution >= 0.6 is 23.2 Å². The first-order valence-corrected chi connectivity index (χ1v) is 5.35. The molecule has 0 radical (unpaired) electrons. The lowest BCUT2D eigenvalue weighted by atomic mass is 10.3. The normalized spacial score (nSPS) is 10.3. The van der Waals surface area contributed by atoms with Crippen molar-refractivity contribution in [3.8, 4) is 5.75 Å². The van der Waals surface area contributed by atoms with E-state index in [0.29, 0.717) is 42.2 Å². The Balaban J connectivity index is 2.28. The van der Waals surface area contributed by atoms with Gasteiger partial charge in [-0.15, -0.1) is 0 Å². The smallest absolute Gasteiger partial charge is 0.121 e. The van der Waals surface area contributed by atoms with Crippen LogP contribution in [0.4, 0.5) is 0 Å². The average molecular weight is 250 g/mol. The minimum absolute atomic E-state index is 0.470. The average Bonchev–Trinajstić information content (AvgIpc) is 2.23. The lowest BCUT2D eigenvalue weighted by molar-refractivity contribution is 0.106. The predicted octanol–water partition coefficient (Wildman–Crippen LogP) is 2.35. The molecule has 2 N–H and O–H groups in total. The molecular weight excluding hydrogens is 237 g/mol. The van der Waals surface area contributed by atoms with Crippen LogP contribution in [-0.4, -0.2) is 26.4 Å². The second-order valence-electron chi connectivity index (χ2n) is 2.83. The summed E-state index contributed by atoms with van der Waals surface area (Å²) in [6, 6.07) is 5.13. The molecule has 0 saturated heterocycles.